The molecule has 0 saturated carbocycles. The summed E-state index contributed by atoms with van der Waals surface area (Å²) in [7, 11) is 1.61. The van der Waals surface area contributed by atoms with E-state index in [4.69, 9.17) is 10.00 Å². The number of para-hydroxylation sites is 2. The van der Waals surface area contributed by atoms with Crippen molar-refractivity contribution in [3.63, 3.8) is 0 Å². The monoisotopic (exact) mass is 255 g/mol. The molecule has 1 aromatic carbocycles. The molecule has 0 aliphatic carbocycles. The third kappa shape index (κ3) is 3.10. The van der Waals surface area contributed by atoms with E-state index in [1.54, 1.807) is 20.1 Å². The summed E-state index contributed by atoms with van der Waals surface area (Å²) in [6.45, 7) is 1.76. The number of hydrogen-bond donors (Lipinski definition) is 2. The summed E-state index contributed by atoms with van der Waals surface area (Å²) in [4.78, 5) is 8.35. The van der Waals surface area contributed by atoms with E-state index < -0.39 is 0 Å². The lowest BCUT2D eigenvalue weighted by Gasteiger charge is -2.11. The van der Waals surface area contributed by atoms with Crippen LogP contribution in [0, 0.1) is 18.4 Å². The molecule has 0 aliphatic heterocycles. The van der Waals surface area contributed by atoms with Gasteiger partial charge in [0.1, 0.15) is 23.2 Å². The average Bonchev–Trinajstić information content (AvgIpc) is 2.39. The summed E-state index contributed by atoms with van der Waals surface area (Å²) in [6, 6.07) is 9.17. The van der Waals surface area contributed by atoms with E-state index in [1.165, 1.54) is 0 Å². The maximum Gasteiger partial charge on any atom is 0.182 e. The fourth-order valence-electron chi connectivity index (χ4n) is 1.64. The van der Waals surface area contributed by atoms with Crippen LogP contribution in [-0.2, 0) is 0 Å². The predicted octanol–water partition coefficient (Wildman–Crippen LogP) is 2.43. The number of benzene rings is 1. The summed E-state index contributed by atoms with van der Waals surface area (Å²) in [6.07, 6.45) is 1.83. The molecule has 0 saturated heterocycles. The highest BCUT2D eigenvalue weighted by atomic mass is 16.5. The molecule has 96 valence electrons. The van der Waals surface area contributed by atoms with Crippen molar-refractivity contribution >= 4 is 17.3 Å². The molecule has 2 N–H and O–H groups in total. The fraction of sp³-hybridized carbons (Fsp3) is 0.154. The van der Waals surface area contributed by atoms with E-state index in [-0.39, 0.29) is 0 Å². The Bertz CT molecular complexity index is 621. The van der Waals surface area contributed by atoms with Crippen LogP contribution < -0.4 is 15.4 Å². The molecule has 1 aromatic heterocycles. The van der Waals surface area contributed by atoms with Gasteiger partial charge in [-0.1, -0.05) is 12.1 Å². The zero-order chi connectivity index (χ0) is 13.7. The molecule has 0 unspecified atom stereocenters. The van der Waals surface area contributed by atoms with Crippen molar-refractivity contribution in [3.8, 4) is 11.9 Å². The number of hydrogen-bond acceptors (Lipinski definition) is 6. The lowest BCUT2D eigenvalue weighted by atomic mass is 10.3. The van der Waals surface area contributed by atoms with Crippen LogP contribution in [0.2, 0.25) is 0 Å². The maximum atomic E-state index is 8.61. The van der Waals surface area contributed by atoms with Gasteiger partial charge in [0.2, 0.25) is 0 Å². The highest BCUT2D eigenvalue weighted by Crippen LogP contribution is 2.26. The van der Waals surface area contributed by atoms with Crippen LogP contribution in [0.5, 0.6) is 5.75 Å². The Morgan fingerprint density at radius 2 is 1.95 bits per heavy atom. The highest BCUT2D eigenvalue weighted by Gasteiger charge is 2.05. The van der Waals surface area contributed by atoms with Crippen LogP contribution in [-0.4, -0.2) is 17.1 Å². The quantitative estimate of drug-likeness (QED) is 0.645. The fourth-order valence-corrected chi connectivity index (χ4v) is 1.64. The van der Waals surface area contributed by atoms with E-state index in [0.29, 0.717) is 23.2 Å². The van der Waals surface area contributed by atoms with Crippen LogP contribution in [0.3, 0.4) is 0 Å². The first-order valence-electron chi connectivity index (χ1n) is 5.64. The maximum absolute atomic E-state index is 8.61. The first kappa shape index (κ1) is 12.6. The summed E-state index contributed by atoms with van der Waals surface area (Å²) in [5.41, 5.74) is 0.797. The van der Waals surface area contributed by atoms with Crippen molar-refractivity contribution in [1.29, 1.82) is 5.26 Å². The molecule has 2 aromatic rings. The standard InChI is InChI=1S/C13H13N5O/c1-9-16-12(15-8-14)7-13(17-9)18-10-5-3-4-6-11(10)19-2/h3-7H,1-2H3,(H2,15,16,17,18). The average molecular weight is 255 g/mol. The topological polar surface area (TPSA) is 82.9 Å². The number of aromatic nitrogens is 2. The van der Waals surface area contributed by atoms with Gasteiger partial charge in [0.25, 0.3) is 0 Å². The summed E-state index contributed by atoms with van der Waals surface area (Å²) in [5, 5.41) is 14.2. The number of anilines is 3. The largest absolute Gasteiger partial charge is 0.495 e. The van der Waals surface area contributed by atoms with Crippen molar-refractivity contribution in [2.75, 3.05) is 17.7 Å². The van der Waals surface area contributed by atoms with E-state index >= 15 is 0 Å². The van der Waals surface area contributed by atoms with Crippen molar-refractivity contribution < 1.29 is 4.74 Å². The molecule has 0 atom stereocenters. The number of methoxy groups -OCH3 is 1. The molecule has 1 heterocycles. The Kier molecular flexibility index (Phi) is 3.78. The summed E-state index contributed by atoms with van der Waals surface area (Å²) in [5.74, 6) is 2.33. The highest BCUT2D eigenvalue weighted by molar-refractivity contribution is 5.65. The van der Waals surface area contributed by atoms with Crippen LogP contribution in [0.4, 0.5) is 17.3 Å². The number of rotatable bonds is 4. The Morgan fingerprint density at radius 1 is 1.21 bits per heavy atom. The molecule has 0 aliphatic rings. The Morgan fingerprint density at radius 3 is 2.68 bits per heavy atom. The van der Waals surface area contributed by atoms with Gasteiger partial charge in [-0.15, -0.1) is 0 Å². The number of nitrogens with zero attached hydrogens (tertiary/aromatic N) is 3. The van der Waals surface area contributed by atoms with E-state index in [1.807, 2.05) is 30.5 Å². The van der Waals surface area contributed by atoms with Gasteiger partial charge in [-0.2, -0.15) is 5.26 Å². The van der Waals surface area contributed by atoms with Crippen molar-refractivity contribution in [3.05, 3.63) is 36.2 Å². The van der Waals surface area contributed by atoms with E-state index in [9.17, 15) is 0 Å². The van der Waals surface area contributed by atoms with Crippen LogP contribution in [0.1, 0.15) is 5.82 Å². The van der Waals surface area contributed by atoms with Gasteiger partial charge < -0.3 is 10.1 Å². The van der Waals surface area contributed by atoms with Gasteiger partial charge >= 0.3 is 0 Å². The Balaban J connectivity index is 2.30. The molecule has 6 nitrogen and oxygen atoms in total. The van der Waals surface area contributed by atoms with Crippen LogP contribution in [0.15, 0.2) is 30.3 Å². The normalized spacial score (nSPS) is 9.53. The van der Waals surface area contributed by atoms with E-state index in [0.717, 1.165) is 5.69 Å². The second-order valence-electron chi connectivity index (χ2n) is 3.75. The number of nitriles is 1. The molecule has 0 radical (unpaired) electrons. The van der Waals surface area contributed by atoms with Crippen LogP contribution in [0.25, 0.3) is 0 Å². The lowest BCUT2D eigenvalue weighted by Crippen LogP contribution is -2.01. The first-order valence-corrected chi connectivity index (χ1v) is 5.64. The summed E-state index contributed by atoms with van der Waals surface area (Å²) >= 11 is 0. The molecule has 2 rings (SSSR count). The second kappa shape index (κ2) is 5.69. The van der Waals surface area contributed by atoms with Crippen molar-refractivity contribution in [2.24, 2.45) is 0 Å². The van der Waals surface area contributed by atoms with Crippen molar-refractivity contribution in [1.82, 2.24) is 9.97 Å². The molecule has 0 bridgehead atoms. The zero-order valence-corrected chi connectivity index (χ0v) is 10.6. The number of ether oxygens (including phenoxy) is 1. The van der Waals surface area contributed by atoms with Crippen LogP contribution >= 0.6 is 0 Å². The third-order valence-electron chi connectivity index (χ3n) is 2.39. The lowest BCUT2D eigenvalue weighted by molar-refractivity contribution is 0.417. The van der Waals surface area contributed by atoms with Gasteiger partial charge in [0.15, 0.2) is 6.19 Å². The molecule has 19 heavy (non-hydrogen) atoms. The smallest absolute Gasteiger partial charge is 0.182 e. The van der Waals surface area contributed by atoms with Gasteiger partial charge in [0, 0.05) is 6.07 Å². The SMILES string of the molecule is COc1ccccc1Nc1cc(NC#N)nc(C)n1. The molecule has 0 fully saturated rings. The molecular formula is C13H13N5O. The minimum absolute atomic E-state index is 0.451. The zero-order valence-electron chi connectivity index (χ0n) is 10.6. The van der Waals surface area contributed by atoms with Gasteiger partial charge in [-0.25, -0.2) is 9.97 Å². The number of aryl methyl sites for hydroxylation is 1. The van der Waals surface area contributed by atoms with Gasteiger partial charge in [0.05, 0.1) is 12.8 Å². The first-order chi connectivity index (χ1) is 9.22. The number of nitrogens with one attached hydrogen (secondary N) is 2. The Labute approximate surface area is 111 Å². The summed E-state index contributed by atoms with van der Waals surface area (Å²) < 4.78 is 5.25. The van der Waals surface area contributed by atoms with E-state index in [2.05, 4.69) is 20.6 Å². The second-order valence-corrected chi connectivity index (χ2v) is 3.75. The molecule has 0 spiro atoms. The minimum atomic E-state index is 0.451. The van der Waals surface area contributed by atoms with Crippen molar-refractivity contribution in [2.45, 2.75) is 6.92 Å². The van der Waals surface area contributed by atoms with Gasteiger partial charge in [-0.05, 0) is 19.1 Å². The minimum Gasteiger partial charge on any atom is -0.495 e. The Hall–Kier alpha value is -2.81. The third-order valence-corrected chi connectivity index (χ3v) is 2.39. The molecule has 6 heteroatoms. The molecular weight excluding hydrogens is 242 g/mol. The van der Waals surface area contributed by atoms with Gasteiger partial charge in [-0.3, -0.25) is 5.32 Å². The molecule has 0 amide bonds. The predicted molar refractivity (Wildman–Crippen MR) is 72.3 cm³/mol.